The molecule has 1 atom stereocenters. The maximum atomic E-state index is 14.0. The first kappa shape index (κ1) is 19.5. The predicted molar refractivity (Wildman–Crippen MR) is 110 cm³/mol. The van der Waals surface area contributed by atoms with Crippen LogP contribution in [0, 0.1) is 5.82 Å². The van der Waals surface area contributed by atoms with Crippen LogP contribution >= 0.6 is 27.3 Å². The lowest BCUT2D eigenvalue weighted by Crippen LogP contribution is -2.37. The summed E-state index contributed by atoms with van der Waals surface area (Å²) >= 11 is 4.86. The van der Waals surface area contributed by atoms with Crippen molar-refractivity contribution in [3.63, 3.8) is 0 Å². The topological polar surface area (TPSA) is 32.3 Å². The number of carbonyl (C=O) groups is 1. The smallest absolute Gasteiger partial charge is 0.268 e. The van der Waals surface area contributed by atoms with Crippen LogP contribution in [-0.2, 0) is 5.41 Å². The Hall–Kier alpha value is -1.24. The van der Waals surface area contributed by atoms with Crippen LogP contribution in [0.15, 0.2) is 34.1 Å². The first-order valence-electron chi connectivity index (χ1n) is 9.08. The van der Waals surface area contributed by atoms with E-state index in [4.69, 9.17) is 0 Å². The van der Waals surface area contributed by atoms with E-state index in [-0.39, 0.29) is 17.1 Å². The zero-order valence-corrected chi connectivity index (χ0v) is 17.6. The van der Waals surface area contributed by atoms with E-state index in [1.807, 2.05) is 17.0 Å². The van der Waals surface area contributed by atoms with Crippen molar-refractivity contribution in [1.82, 2.24) is 5.32 Å². The zero-order valence-electron chi connectivity index (χ0n) is 15.1. The lowest BCUT2D eigenvalue weighted by atomic mass is 9.76. The van der Waals surface area contributed by atoms with Gasteiger partial charge in [-0.05, 0) is 84.2 Å². The highest BCUT2D eigenvalue weighted by Gasteiger charge is 2.43. The average Bonchev–Trinajstić information content (AvgIpc) is 3.20. The normalized spacial score (nSPS) is 19.0. The van der Waals surface area contributed by atoms with E-state index < -0.39 is 0 Å². The molecule has 0 spiro atoms. The molecule has 1 unspecified atom stereocenters. The van der Waals surface area contributed by atoms with Gasteiger partial charge in [0.25, 0.3) is 5.91 Å². The number of nitrogens with zero attached hydrogens (tertiary/aromatic N) is 1. The van der Waals surface area contributed by atoms with E-state index in [2.05, 4.69) is 35.1 Å². The van der Waals surface area contributed by atoms with Gasteiger partial charge in [-0.2, -0.15) is 0 Å². The van der Waals surface area contributed by atoms with E-state index in [9.17, 15) is 9.18 Å². The summed E-state index contributed by atoms with van der Waals surface area (Å²) in [6.07, 6.45) is 2.82. The minimum absolute atomic E-state index is 0.00411. The summed E-state index contributed by atoms with van der Waals surface area (Å²) in [5, 5.41) is 3.35. The summed E-state index contributed by atoms with van der Waals surface area (Å²) < 4.78 is 15.0. The van der Waals surface area contributed by atoms with Crippen molar-refractivity contribution in [3.8, 4) is 0 Å². The highest BCUT2D eigenvalue weighted by Crippen LogP contribution is 2.47. The third-order valence-corrected chi connectivity index (χ3v) is 6.86. The molecule has 3 rings (SSSR count). The van der Waals surface area contributed by atoms with E-state index in [1.165, 1.54) is 17.4 Å². The molecule has 1 aromatic carbocycles. The SMILES string of the molecule is CCNCCCC1(CC)CN(C(=O)c2ccc(Br)s2)c2ccc(F)cc21. The summed E-state index contributed by atoms with van der Waals surface area (Å²) in [4.78, 5) is 15.6. The van der Waals surface area contributed by atoms with Crippen molar-refractivity contribution in [1.29, 1.82) is 0 Å². The Morgan fingerprint density at radius 3 is 2.81 bits per heavy atom. The lowest BCUT2D eigenvalue weighted by molar-refractivity contribution is 0.0988. The predicted octanol–water partition coefficient (Wildman–Crippen LogP) is 5.35. The van der Waals surface area contributed by atoms with Gasteiger partial charge in [-0.3, -0.25) is 4.79 Å². The number of thiophene rings is 1. The van der Waals surface area contributed by atoms with Gasteiger partial charge in [0, 0.05) is 17.6 Å². The molecule has 0 radical (unpaired) electrons. The zero-order chi connectivity index (χ0) is 18.7. The van der Waals surface area contributed by atoms with Crippen LogP contribution in [0.3, 0.4) is 0 Å². The number of fused-ring (bicyclic) bond motifs is 1. The molecule has 1 aliphatic heterocycles. The molecule has 0 bridgehead atoms. The molecule has 3 nitrogen and oxygen atoms in total. The first-order chi connectivity index (χ1) is 12.5. The summed E-state index contributed by atoms with van der Waals surface area (Å²) in [6.45, 7) is 6.73. The molecule has 0 saturated carbocycles. The van der Waals surface area contributed by atoms with Gasteiger partial charge in [0.15, 0.2) is 0 Å². The van der Waals surface area contributed by atoms with Crippen molar-refractivity contribution < 1.29 is 9.18 Å². The first-order valence-corrected chi connectivity index (χ1v) is 10.7. The highest BCUT2D eigenvalue weighted by atomic mass is 79.9. The molecule has 1 aromatic heterocycles. The second kappa shape index (κ2) is 8.19. The Bertz CT molecular complexity index is 794. The molecule has 140 valence electrons. The molecule has 1 amide bonds. The van der Waals surface area contributed by atoms with E-state index in [0.717, 1.165) is 47.4 Å². The number of rotatable bonds is 7. The Kier molecular flexibility index (Phi) is 6.15. The fourth-order valence-electron chi connectivity index (χ4n) is 3.81. The molecule has 6 heteroatoms. The molecule has 0 aliphatic carbocycles. The van der Waals surface area contributed by atoms with Gasteiger partial charge in [0.2, 0.25) is 0 Å². The fourth-order valence-corrected chi connectivity index (χ4v) is 5.14. The summed E-state index contributed by atoms with van der Waals surface area (Å²) in [5.74, 6) is -0.239. The van der Waals surface area contributed by atoms with Gasteiger partial charge in [-0.15, -0.1) is 11.3 Å². The molecule has 0 fully saturated rings. The fraction of sp³-hybridized carbons (Fsp3) is 0.450. The monoisotopic (exact) mass is 438 g/mol. The van der Waals surface area contributed by atoms with Gasteiger partial charge < -0.3 is 10.2 Å². The molecule has 1 N–H and O–H groups in total. The van der Waals surface area contributed by atoms with Crippen LogP contribution < -0.4 is 10.2 Å². The van der Waals surface area contributed by atoms with Crippen LogP contribution in [-0.4, -0.2) is 25.5 Å². The molecule has 2 heterocycles. The molecule has 1 aliphatic rings. The molecule has 26 heavy (non-hydrogen) atoms. The summed E-state index contributed by atoms with van der Waals surface area (Å²) in [6, 6.07) is 8.57. The third-order valence-electron chi connectivity index (χ3n) is 5.25. The van der Waals surface area contributed by atoms with Crippen molar-refractivity contribution in [2.75, 3.05) is 24.5 Å². The number of benzene rings is 1. The second-order valence-corrected chi connectivity index (χ2v) is 9.21. The van der Waals surface area contributed by atoms with Gasteiger partial charge in [-0.1, -0.05) is 13.8 Å². The molecular weight excluding hydrogens is 415 g/mol. The number of hydrogen-bond acceptors (Lipinski definition) is 3. The standard InChI is InChI=1S/C20H24BrFN2OS/c1-3-20(10-5-11-23-4-2)13-24(16-7-6-14(22)12-15(16)20)19(25)17-8-9-18(21)26-17/h6-9,12,23H,3-5,10-11,13H2,1-2H3. The van der Waals surface area contributed by atoms with Crippen molar-refractivity contribution in [2.24, 2.45) is 0 Å². The van der Waals surface area contributed by atoms with Crippen molar-refractivity contribution >= 4 is 38.9 Å². The Morgan fingerprint density at radius 2 is 2.15 bits per heavy atom. The maximum Gasteiger partial charge on any atom is 0.268 e. The maximum absolute atomic E-state index is 14.0. The second-order valence-electron chi connectivity index (χ2n) is 6.75. The Balaban J connectivity index is 1.93. The number of halogens is 2. The van der Waals surface area contributed by atoms with Crippen LogP contribution in [0.1, 0.15) is 48.3 Å². The number of carbonyl (C=O) groups excluding carboxylic acids is 1. The van der Waals surface area contributed by atoms with Gasteiger partial charge >= 0.3 is 0 Å². The minimum atomic E-state index is -0.235. The Labute approximate surface area is 166 Å². The molecular formula is C20H24BrFN2OS. The largest absolute Gasteiger partial charge is 0.317 e. The number of amides is 1. The molecule has 0 saturated heterocycles. The van der Waals surface area contributed by atoms with Gasteiger partial charge in [0.05, 0.1) is 8.66 Å². The third kappa shape index (κ3) is 3.73. The highest BCUT2D eigenvalue weighted by molar-refractivity contribution is 9.11. The van der Waals surface area contributed by atoms with Crippen LogP contribution in [0.25, 0.3) is 0 Å². The van der Waals surface area contributed by atoms with E-state index in [0.29, 0.717) is 11.4 Å². The average molecular weight is 439 g/mol. The Morgan fingerprint density at radius 1 is 1.35 bits per heavy atom. The van der Waals surface area contributed by atoms with Crippen LogP contribution in [0.4, 0.5) is 10.1 Å². The summed E-state index contributed by atoms with van der Waals surface area (Å²) in [5.41, 5.74) is 1.64. The van der Waals surface area contributed by atoms with Crippen molar-refractivity contribution in [3.05, 3.63) is 50.4 Å². The van der Waals surface area contributed by atoms with Crippen molar-refractivity contribution in [2.45, 2.75) is 38.5 Å². The van der Waals surface area contributed by atoms with E-state index in [1.54, 1.807) is 12.1 Å². The number of anilines is 1. The quantitative estimate of drug-likeness (QED) is 0.590. The lowest BCUT2D eigenvalue weighted by Gasteiger charge is -2.29. The number of nitrogens with one attached hydrogen (secondary N) is 1. The molecule has 2 aromatic rings. The van der Waals surface area contributed by atoms with Crippen LogP contribution in [0.2, 0.25) is 0 Å². The van der Waals surface area contributed by atoms with Crippen LogP contribution in [0.5, 0.6) is 0 Å². The number of hydrogen-bond donors (Lipinski definition) is 1. The van der Waals surface area contributed by atoms with E-state index >= 15 is 0 Å². The van der Waals surface area contributed by atoms with Gasteiger partial charge in [0.1, 0.15) is 5.82 Å². The van der Waals surface area contributed by atoms with Gasteiger partial charge in [-0.25, -0.2) is 4.39 Å². The summed E-state index contributed by atoms with van der Waals surface area (Å²) in [7, 11) is 0. The minimum Gasteiger partial charge on any atom is -0.317 e.